The maximum atomic E-state index is 12.7. The number of carbonyl (C=O) groups is 2. The number of nitrogens with one attached hydrogen (secondary N) is 1. The van der Waals surface area contributed by atoms with Gasteiger partial charge in [0.15, 0.2) is 0 Å². The molecule has 3 aromatic rings. The van der Waals surface area contributed by atoms with Crippen LogP contribution in [0.2, 0.25) is 0 Å². The maximum absolute atomic E-state index is 12.7. The number of carboxylic acid groups (broad SMARTS) is 1. The van der Waals surface area contributed by atoms with E-state index in [1.54, 1.807) is 12.1 Å². The van der Waals surface area contributed by atoms with E-state index in [2.05, 4.69) is 5.32 Å². The number of hydrogen-bond acceptors (Lipinski definition) is 5. The average molecular weight is 457 g/mol. The molecule has 0 radical (unpaired) electrons. The Morgan fingerprint density at radius 3 is 2.32 bits per heavy atom. The van der Waals surface area contributed by atoms with Crippen molar-refractivity contribution in [3.8, 4) is 0 Å². The van der Waals surface area contributed by atoms with Crippen molar-refractivity contribution in [1.82, 2.24) is 0 Å². The number of hydrogen-bond donors (Lipinski definition) is 2. The number of amides is 1. The summed E-state index contributed by atoms with van der Waals surface area (Å²) in [4.78, 5) is 25.7. The third-order valence-corrected chi connectivity index (χ3v) is 6.43. The smallest absolute Gasteiger partial charge is 0.335 e. The monoisotopic (exact) mass is 456 g/mol. The van der Waals surface area contributed by atoms with E-state index in [9.17, 15) is 23.1 Å². The summed E-state index contributed by atoms with van der Waals surface area (Å²) < 4.78 is 25.5. The van der Waals surface area contributed by atoms with Crippen LogP contribution in [0.15, 0.2) is 88.7 Å². The summed E-state index contributed by atoms with van der Waals surface area (Å²) in [6, 6.07) is 22.3. The molecule has 0 aliphatic carbocycles. The van der Waals surface area contributed by atoms with Crippen molar-refractivity contribution in [3.63, 3.8) is 0 Å². The molecule has 31 heavy (non-hydrogen) atoms. The van der Waals surface area contributed by atoms with Crippen LogP contribution in [-0.2, 0) is 14.8 Å². The number of carbonyl (C=O) groups excluding carboxylic acids is 1. The lowest BCUT2D eigenvalue weighted by molar-refractivity contribution is -0.114. The second-order valence-corrected chi connectivity index (χ2v) is 9.61. The van der Waals surface area contributed by atoms with Gasteiger partial charge < -0.3 is 10.4 Å². The van der Waals surface area contributed by atoms with E-state index in [0.717, 1.165) is 20.4 Å². The second-order valence-electron chi connectivity index (χ2n) is 6.58. The van der Waals surface area contributed by atoms with Crippen LogP contribution >= 0.6 is 11.8 Å². The van der Waals surface area contributed by atoms with Gasteiger partial charge in [0.25, 0.3) is 0 Å². The minimum Gasteiger partial charge on any atom is -0.478 e. The zero-order chi connectivity index (χ0) is 22.4. The Kier molecular flexibility index (Phi) is 6.98. The van der Waals surface area contributed by atoms with Crippen LogP contribution < -0.4 is 9.62 Å². The summed E-state index contributed by atoms with van der Waals surface area (Å²) in [5.41, 5.74) is 0.578. The van der Waals surface area contributed by atoms with Crippen LogP contribution in [-0.4, -0.2) is 38.2 Å². The van der Waals surface area contributed by atoms with Gasteiger partial charge >= 0.3 is 5.97 Å². The zero-order valence-corrected chi connectivity index (χ0v) is 18.2. The Morgan fingerprint density at radius 1 is 0.968 bits per heavy atom. The third kappa shape index (κ3) is 6.09. The molecule has 0 aliphatic heterocycles. The number of sulfonamides is 1. The Balaban J connectivity index is 1.81. The third-order valence-electron chi connectivity index (χ3n) is 4.20. The van der Waals surface area contributed by atoms with Gasteiger partial charge in [-0.05, 0) is 42.5 Å². The van der Waals surface area contributed by atoms with Crippen molar-refractivity contribution in [2.24, 2.45) is 0 Å². The van der Waals surface area contributed by atoms with E-state index in [-0.39, 0.29) is 11.3 Å². The molecule has 0 saturated carbocycles. The highest BCUT2D eigenvalue weighted by Gasteiger charge is 2.22. The minimum absolute atomic E-state index is 0.0730. The molecule has 0 bridgehead atoms. The first-order valence-corrected chi connectivity index (χ1v) is 11.8. The molecule has 0 aromatic heterocycles. The molecule has 0 aliphatic rings. The molecule has 0 unspecified atom stereocenters. The fraction of sp³-hybridized carbons (Fsp3) is 0.0909. The lowest BCUT2D eigenvalue weighted by Gasteiger charge is -2.22. The van der Waals surface area contributed by atoms with Crippen LogP contribution in [0, 0.1) is 0 Å². The van der Waals surface area contributed by atoms with Crippen LogP contribution in [0.4, 0.5) is 11.4 Å². The molecule has 0 heterocycles. The fourth-order valence-corrected chi connectivity index (χ4v) is 4.56. The van der Waals surface area contributed by atoms with Gasteiger partial charge in [-0.1, -0.05) is 48.2 Å². The Bertz CT molecular complexity index is 1200. The molecule has 0 saturated heterocycles. The molecule has 9 heteroatoms. The number of benzene rings is 3. The van der Waals surface area contributed by atoms with Crippen molar-refractivity contribution in [1.29, 1.82) is 0 Å². The maximum Gasteiger partial charge on any atom is 0.335 e. The van der Waals surface area contributed by atoms with Gasteiger partial charge in [-0.15, -0.1) is 0 Å². The number of anilines is 2. The van der Waals surface area contributed by atoms with Crippen molar-refractivity contribution in [2.75, 3.05) is 22.4 Å². The highest BCUT2D eigenvalue weighted by Crippen LogP contribution is 2.33. The zero-order valence-electron chi connectivity index (χ0n) is 16.6. The van der Waals surface area contributed by atoms with Crippen LogP contribution in [0.3, 0.4) is 0 Å². The topological polar surface area (TPSA) is 104 Å². The summed E-state index contributed by atoms with van der Waals surface area (Å²) in [5, 5.41) is 11.9. The number of rotatable bonds is 8. The SMILES string of the molecule is CS(=O)(=O)N(CC(=O)Nc1ccccc1Sc1ccccc1)c1cccc(C(=O)O)c1. The highest BCUT2D eigenvalue weighted by atomic mass is 32.2. The van der Waals surface area contributed by atoms with Gasteiger partial charge in [0, 0.05) is 9.79 Å². The van der Waals surface area contributed by atoms with E-state index in [1.165, 1.54) is 36.0 Å². The molecule has 0 atom stereocenters. The summed E-state index contributed by atoms with van der Waals surface area (Å²) in [5.74, 6) is -1.74. The van der Waals surface area contributed by atoms with Gasteiger partial charge in [-0.3, -0.25) is 9.10 Å². The molecular weight excluding hydrogens is 436 g/mol. The van der Waals surface area contributed by atoms with Gasteiger partial charge in [-0.2, -0.15) is 0 Å². The first-order chi connectivity index (χ1) is 14.7. The van der Waals surface area contributed by atoms with Crippen LogP contribution in [0.25, 0.3) is 0 Å². The lowest BCUT2D eigenvalue weighted by Crippen LogP contribution is -2.37. The van der Waals surface area contributed by atoms with E-state index in [4.69, 9.17) is 0 Å². The largest absolute Gasteiger partial charge is 0.478 e. The Labute approximate surface area is 184 Å². The van der Waals surface area contributed by atoms with Gasteiger partial charge in [-0.25, -0.2) is 13.2 Å². The summed E-state index contributed by atoms with van der Waals surface area (Å²) in [6.45, 7) is -0.494. The van der Waals surface area contributed by atoms with Crippen LogP contribution in [0.5, 0.6) is 0 Å². The van der Waals surface area contributed by atoms with Gasteiger partial charge in [0.05, 0.1) is 23.2 Å². The number of para-hydroxylation sites is 1. The van der Waals surface area contributed by atoms with Crippen molar-refractivity contribution in [2.45, 2.75) is 9.79 Å². The highest BCUT2D eigenvalue weighted by molar-refractivity contribution is 7.99. The second kappa shape index (κ2) is 9.67. The molecule has 3 aromatic carbocycles. The number of nitrogens with zero attached hydrogens (tertiary/aromatic N) is 1. The summed E-state index contributed by atoms with van der Waals surface area (Å²) in [6.07, 6.45) is 0.965. The van der Waals surface area contributed by atoms with Crippen molar-refractivity contribution >= 4 is 45.0 Å². The van der Waals surface area contributed by atoms with E-state index < -0.39 is 28.4 Å². The molecule has 2 N–H and O–H groups in total. The Hall–Kier alpha value is -3.30. The summed E-state index contributed by atoms with van der Waals surface area (Å²) >= 11 is 1.47. The minimum atomic E-state index is -3.83. The lowest BCUT2D eigenvalue weighted by atomic mass is 10.2. The molecule has 1 amide bonds. The average Bonchev–Trinajstić information content (AvgIpc) is 2.73. The number of aromatic carboxylic acids is 1. The molecule has 3 rings (SSSR count). The fourth-order valence-electron chi connectivity index (χ4n) is 2.79. The van der Waals surface area contributed by atoms with Crippen molar-refractivity contribution in [3.05, 3.63) is 84.4 Å². The Morgan fingerprint density at radius 2 is 1.65 bits per heavy atom. The first kappa shape index (κ1) is 22.4. The van der Waals surface area contributed by atoms with E-state index in [0.29, 0.717) is 5.69 Å². The van der Waals surface area contributed by atoms with Crippen LogP contribution in [0.1, 0.15) is 10.4 Å². The first-order valence-electron chi connectivity index (χ1n) is 9.17. The predicted molar refractivity (Wildman–Crippen MR) is 121 cm³/mol. The predicted octanol–water partition coefficient (Wildman–Crippen LogP) is 3.94. The summed E-state index contributed by atoms with van der Waals surface area (Å²) in [7, 11) is -3.83. The molecule has 0 fully saturated rings. The molecule has 160 valence electrons. The number of carboxylic acids is 1. The van der Waals surface area contributed by atoms with Gasteiger partial charge in [0.2, 0.25) is 15.9 Å². The standard InChI is InChI=1S/C22H20N2O5S2/c1-31(28,29)24(17-9-7-8-16(14-17)22(26)27)15-21(25)23-19-12-5-6-13-20(19)30-18-10-3-2-4-11-18/h2-14H,15H2,1H3,(H,23,25)(H,26,27). The molecular formula is C22H20N2O5S2. The van der Waals surface area contributed by atoms with Gasteiger partial charge in [0.1, 0.15) is 6.54 Å². The normalized spacial score (nSPS) is 11.0. The quantitative estimate of drug-likeness (QED) is 0.532. The van der Waals surface area contributed by atoms with Crippen molar-refractivity contribution < 1.29 is 23.1 Å². The molecule has 0 spiro atoms. The van der Waals surface area contributed by atoms with E-state index in [1.807, 2.05) is 42.5 Å². The van der Waals surface area contributed by atoms with E-state index >= 15 is 0 Å². The molecule has 7 nitrogen and oxygen atoms in total.